The molecular formula is C16H12N2O2. The Balaban J connectivity index is 2.53. The largest absolute Gasteiger partial charge is 0.465 e. The molecule has 1 heterocycles. The predicted molar refractivity (Wildman–Crippen MR) is 76.6 cm³/mol. The van der Waals surface area contributed by atoms with Crippen LogP contribution in [0.15, 0.2) is 30.3 Å². The molecule has 20 heavy (non-hydrogen) atoms. The van der Waals surface area contributed by atoms with Gasteiger partial charge in [0.25, 0.3) is 0 Å². The number of methoxy groups -OCH3 is 1. The number of aromatic amines is 1. The molecule has 0 spiro atoms. The summed E-state index contributed by atoms with van der Waals surface area (Å²) in [6, 6.07) is 11.5. The van der Waals surface area contributed by atoms with Gasteiger partial charge in [-0.2, -0.15) is 5.26 Å². The molecule has 0 aliphatic rings. The molecule has 98 valence electrons. The van der Waals surface area contributed by atoms with Gasteiger partial charge in [0.1, 0.15) is 6.07 Å². The summed E-state index contributed by atoms with van der Waals surface area (Å²) in [4.78, 5) is 15.1. The fourth-order valence-corrected chi connectivity index (χ4v) is 2.60. The van der Waals surface area contributed by atoms with Crippen LogP contribution in [0.5, 0.6) is 0 Å². The number of nitrogens with one attached hydrogen (secondary N) is 1. The number of hydrogen-bond acceptors (Lipinski definition) is 3. The number of esters is 1. The van der Waals surface area contributed by atoms with E-state index in [0.717, 1.165) is 27.4 Å². The minimum atomic E-state index is -0.425. The first-order chi connectivity index (χ1) is 9.67. The van der Waals surface area contributed by atoms with Crippen molar-refractivity contribution in [3.8, 4) is 6.07 Å². The van der Waals surface area contributed by atoms with Crippen LogP contribution < -0.4 is 0 Å². The topological polar surface area (TPSA) is 65.9 Å². The predicted octanol–water partition coefficient (Wildman–Crippen LogP) is 3.29. The summed E-state index contributed by atoms with van der Waals surface area (Å²) in [7, 11) is 1.34. The average molecular weight is 264 g/mol. The van der Waals surface area contributed by atoms with Gasteiger partial charge >= 0.3 is 5.97 Å². The third-order valence-corrected chi connectivity index (χ3v) is 3.57. The van der Waals surface area contributed by atoms with Crippen molar-refractivity contribution in [2.45, 2.75) is 6.92 Å². The Kier molecular flexibility index (Phi) is 2.69. The van der Waals surface area contributed by atoms with E-state index in [2.05, 4.69) is 11.1 Å². The molecule has 0 saturated heterocycles. The van der Waals surface area contributed by atoms with Crippen LogP contribution in [-0.2, 0) is 4.74 Å². The van der Waals surface area contributed by atoms with Gasteiger partial charge in [-0.05, 0) is 24.6 Å². The zero-order chi connectivity index (χ0) is 14.3. The summed E-state index contributed by atoms with van der Waals surface area (Å²) >= 11 is 0. The standard InChI is InChI=1S/C16H12N2O2/c1-9-12(16(19)20-2)7-10(8-17)15-14(9)11-5-3-4-6-13(11)18-15/h3-7,18H,1-2H3. The summed E-state index contributed by atoms with van der Waals surface area (Å²) in [5.74, 6) is -0.425. The van der Waals surface area contributed by atoms with Crippen LogP contribution in [0.2, 0.25) is 0 Å². The average Bonchev–Trinajstić information content (AvgIpc) is 2.87. The summed E-state index contributed by atoms with van der Waals surface area (Å²) in [5.41, 5.74) is 3.41. The van der Waals surface area contributed by atoms with Crippen molar-refractivity contribution in [1.29, 1.82) is 5.26 Å². The number of aryl methyl sites for hydroxylation is 1. The summed E-state index contributed by atoms with van der Waals surface area (Å²) < 4.78 is 4.80. The third-order valence-electron chi connectivity index (χ3n) is 3.57. The molecule has 0 radical (unpaired) electrons. The Morgan fingerprint density at radius 2 is 2.10 bits per heavy atom. The maximum absolute atomic E-state index is 11.9. The minimum Gasteiger partial charge on any atom is -0.465 e. The van der Waals surface area contributed by atoms with Gasteiger partial charge in [0, 0.05) is 16.3 Å². The zero-order valence-electron chi connectivity index (χ0n) is 11.2. The second-order valence-electron chi connectivity index (χ2n) is 4.62. The Morgan fingerprint density at radius 3 is 2.80 bits per heavy atom. The first-order valence-corrected chi connectivity index (χ1v) is 6.19. The summed E-state index contributed by atoms with van der Waals surface area (Å²) in [6.07, 6.45) is 0. The van der Waals surface area contributed by atoms with Crippen molar-refractivity contribution in [3.05, 3.63) is 47.0 Å². The number of fused-ring (bicyclic) bond motifs is 3. The molecule has 2 aromatic carbocycles. The van der Waals surface area contributed by atoms with E-state index in [0.29, 0.717) is 11.1 Å². The zero-order valence-corrected chi connectivity index (χ0v) is 11.2. The Labute approximate surface area is 115 Å². The quantitative estimate of drug-likeness (QED) is 0.686. The molecule has 4 nitrogen and oxygen atoms in total. The summed E-state index contributed by atoms with van der Waals surface area (Å²) in [5, 5.41) is 11.2. The molecule has 3 aromatic rings. The van der Waals surface area contributed by atoms with E-state index in [-0.39, 0.29) is 0 Å². The Hall–Kier alpha value is -2.80. The van der Waals surface area contributed by atoms with E-state index in [1.807, 2.05) is 31.2 Å². The number of ether oxygens (including phenoxy) is 1. The molecular weight excluding hydrogens is 252 g/mol. The molecule has 4 heteroatoms. The van der Waals surface area contributed by atoms with Crippen LogP contribution >= 0.6 is 0 Å². The molecule has 1 N–H and O–H groups in total. The Morgan fingerprint density at radius 1 is 1.35 bits per heavy atom. The van der Waals surface area contributed by atoms with E-state index in [4.69, 9.17) is 4.74 Å². The van der Waals surface area contributed by atoms with Gasteiger partial charge in [-0.15, -0.1) is 0 Å². The number of nitrogens with zero attached hydrogens (tertiary/aromatic N) is 1. The number of benzene rings is 2. The van der Waals surface area contributed by atoms with Crippen molar-refractivity contribution in [1.82, 2.24) is 4.98 Å². The molecule has 0 bridgehead atoms. The van der Waals surface area contributed by atoms with E-state index in [9.17, 15) is 10.1 Å². The number of H-pyrrole nitrogens is 1. The highest BCUT2D eigenvalue weighted by Crippen LogP contribution is 2.32. The Bertz CT molecular complexity index is 885. The number of hydrogen-bond donors (Lipinski definition) is 1. The number of carbonyl (C=O) groups is 1. The number of para-hydroxylation sites is 1. The van der Waals surface area contributed by atoms with E-state index < -0.39 is 5.97 Å². The molecule has 0 atom stereocenters. The monoisotopic (exact) mass is 264 g/mol. The SMILES string of the molecule is COC(=O)c1cc(C#N)c2[nH]c3ccccc3c2c1C. The van der Waals surface area contributed by atoms with Crippen molar-refractivity contribution in [2.24, 2.45) is 0 Å². The molecule has 0 fully saturated rings. The van der Waals surface area contributed by atoms with Gasteiger partial charge in [-0.1, -0.05) is 18.2 Å². The molecule has 0 aliphatic carbocycles. The lowest BCUT2D eigenvalue weighted by atomic mass is 9.98. The van der Waals surface area contributed by atoms with Crippen LogP contribution in [0.4, 0.5) is 0 Å². The lowest BCUT2D eigenvalue weighted by Gasteiger charge is -2.07. The van der Waals surface area contributed by atoms with Crippen LogP contribution in [0.25, 0.3) is 21.8 Å². The van der Waals surface area contributed by atoms with Crippen molar-refractivity contribution in [3.63, 3.8) is 0 Å². The molecule has 0 amide bonds. The number of nitriles is 1. The number of aromatic nitrogens is 1. The highest BCUT2D eigenvalue weighted by atomic mass is 16.5. The fourth-order valence-electron chi connectivity index (χ4n) is 2.60. The fraction of sp³-hybridized carbons (Fsp3) is 0.125. The van der Waals surface area contributed by atoms with Gasteiger partial charge in [-0.25, -0.2) is 4.79 Å². The van der Waals surface area contributed by atoms with E-state index in [1.165, 1.54) is 7.11 Å². The first kappa shape index (κ1) is 12.2. The van der Waals surface area contributed by atoms with E-state index in [1.54, 1.807) is 6.07 Å². The molecule has 0 unspecified atom stereocenters. The first-order valence-electron chi connectivity index (χ1n) is 6.19. The van der Waals surface area contributed by atoms with Crippen molar-refractivity contribution >= 4 is 27.8 Å². The minimum absolute atomic E-state index is 0.425. The second-order valence-corrected chi connectivity index (χ2v) is 4.62. The number of carbonyl (C=O) groups excluding carboxylic acids is 1. The molecule has 1 aromatic heterocycles. The van der Waals surface area contributed by atoms with Gasteiger partial charge in [0.15, 0.2) is 0 Å². The molecule has 3 rings (SSSR count). The van der Waals surface area contributed by atoms with Gasteiger partial charge in [-0.3, -0.25) is 0 Å². The number of rotatable bonds is 1. The lowest BCUT2D eigenvalue weighted by molar-refractivity contribution is 0.0600. The maximum Gasteiger partial charge on any atom is 0.338 e. The van der Waals surface area contributed by atoms with Crippen LogP contribution in [0, 0.1) is 18.3 Å². The van der Waals surface area contributed by atoms with Gasteiger partial charge in [0.2, 0.25) is 0 Å². The normalized spacial score (nSPS) is 10.7. The van der Waals surface area contributed by atoms with Crippen LogP contribution in [0.1, 0.15) is 21.5 Å². The van der Waals surface area contributed by atoms with Gasteiger partial charge in [0.05, 0.1) is 23.8 Å². The van der Waals surface area contributed by atoms with Gasteiger partial charge < -0.3 is 9.72 Å². The second kappa shape index (κ2) is 4.39. The molecule has 0 aliphatic heterocycles. The third kappa shape index (κ3) is 1.57. The van der Waals surface area contributed by atoms with E-state index >= 15 is 0 Å². The van der Waals surface area contributed by atoms with Crippen molar-refractivity contribution < 1.29 is 9.53 Å². The highest BCUT2D eigenvalue weighted by molar-refractivity contribution is 6.13. The molecule has 0 saturated carbocycles. The lowest BCUT2D eigenvalue weighted by Crippen LogP contribution is -2.04. The van der Waals surface area contributed by atoms with Crippen LogP contribution in [0.3, 0.4) is 0 Å². The van der Waals surface area contributed by atoms with Crippen LogP contribution in [-0.4, -0.2) is 18.1 Å². The maximum atomic E-state index is 11.9. The summed E-state index contributed by atoms with van der Waals surface area (Å²) in [6.45, 7) is 1.87. The highest BCUT2D eigenvalue weighted by Gasteiger charge is 2.18. The van der Waals surface area contributed by atoms with Crippen molar-refractivity contribution in [2.75, 3.05) is 7.11 Å². The smallest absolute Gasteiger partial charge is 0.338 e.